The Kier molecular flexibility index (Phi) is 14.2. The van der Waals surface area contributed by atoms with E-state index in [9.17, 15) is 24.0 Å². The fourth-order valence-corrected chi connectivity index (χ4v) is 4.67. The summed E-state index contributed by atoms with van der Waals surface area (Å²) in [4.78, 5) is 66.2. The maximum Gasteiger partial charge on any atom is 0.407 e. The largest absolute Gasteiger partial charge is 0.467 e. The van der Waals surface area contributed by atoms with Crippen molar-refractivity contribution >= 4 is 30.0 Å². The van der Waals surface area contributed by atoms with Crippen LogP contribution in [0, 0.1) is 0 Å². The topological polar surface area (TPSA) is 156 Å². The van der Waals surface area contributed by atoms with E-state index in [1.54, 1.807) is 34.7 Å². The average molecular weight is 606 g/mol. The second-order valence-electron chi connectivity index (χ2n) is 11.5. The van der Waals surface area contributed by atoms with Crippen LogP contribution in [0.4, 0.5) is 9.59 Å². The molecular formula is C30H47N5O8. The van der Waals surface area contributed by atoms with Gasteiger partial charge < -0.3 is 35.1 Å². The molecule has 0 aromatic heterocycles. The molecule has 43 heavy (non-hydrogen) atoms. The number of unbranched alkanes of at least 4 members (excludes halogenated alkanes) is 1. The van der Waals surface area contributed by atoms with Crippen LogP contribution >= 0.6 is 0 Å². The van der Waals surface area contributed by atoms with Crippen molar-refractivity contribution < 1.29 is 38.2 Å². The van der Waals surface area contributed by atoms with Gasteiger partial charge in [0.2, 0.25) is 11.8 Å². The number of carbonyl (C=O) groups excluding carboxylic acids is 5. The number of likely N-dealkylation sites (N-methyl/N-ethyl adjacent to an activating group) is 1. The summed E-state index contributed by atoms with van der Waals surface area (Å²) in [6.07, 6.45) is 0.908. The Labute approximate surface area is 254 Å². The third-order valence-electron chi connectivity index (χ3n) is 7.08. The fraction of sp³-hybridized carbons (Fsp3) is 0.633. The molecule has 1 aromatic rings. The second-order valence-corrected chi connectivity index (χ2v) is 11.5. The zero-order valence-corrected chi connectivity index (χ0v) is 26.1. The van der Waals surface area contributed by atoms with Crippen molar-refractivity contribution in [3.8, 4) is 0 Å². The van der Waals surface area contributed by atoms with Crippen LogP contribution < -0.4 is 16.0 Å². The number of nitrogens with one attached hydrogen (secondary N) is 3. The highest BCUT2D eigenvalue weighted by Gasteiger charge is 2.34. The van der Waals surface area contributed by atoms with Gasteiger partial charge in [0.05, 0.1) is 19.7 Å². The molecule has 3 atom stereocenters. The zero-order valence-electron chi connectivity index (χ0n) is 26.1. The monoisotopic (exact) mass is 605 g/mol. The molecule has 0 radical (unpaired) electrons. The maximum atomic E-state index is 13.3. The Morgan fingerprint density at radius 2 is 1.77 bits per heavy atom. The molecule has 2 rings (SSSR count). The van der Waals surface area contributed by atoms with Gasteiger partial charge in [-0.25, -0.2) is 14.4 Å². The van der Waals surface area contributed by atoms with Gasteiger partial charge >= 0.3 is 18.2 Å². The van der Waals surface area contributed by atoms with Crippen molar-refractivity contribution in [2.75, 3.05) is 40.3 Å². The number of benzene rings is 1. The first kappa shape index (κ1) is 35.3. The molecule has 0 aliphatic carbocycles. The number of ether oxygens (including phenoxy) is 3. The van der Waals surface area contributed by atoms with Gasteiger partial charge in [-0.2, -0.15) is 0 Å². The zero-order chi connectivity index (χ0) is 32.0. The highest BCUT2D eigenvalue weighted by Crippen LogP contribution is 2.17. The van der Waals surface area contributed by atoms with Crippen LogP contribution in [0.25, 0.3) is 0 Å². The van der Waals surface area contributed by atoms with Crippen LogP contribution in [0.5, 0.6) is 0 Å². The molecule has 1 aromatic carbocycles. The summed E-state index contributed by atoms with van der Waals surface area (Å²) in [6, 6.07) is 7.55. The molecule has 0 spiro atoms. The van der Waals surface area contributed by atoms with Crippen molar-refractivity contribution in [3.05, 3.63) is 35.9 Å². The molecule has 1 aliphatic heterocycles. The molecule has 240 valence electrons. The van der Waals surface area contributed by atoms with E-state index in [0.717, 1.165) is 5.56 Å². The summed E-state index contributed by atoms with van der Waals surface area (Å²) in [5.41, 5.74) is 0.204. The third kappa shape index (κ3) is 12.5. The van der Waals surface area contributed by atoms with E-state index in [0.29, 0.717) is 32.2 Å². The highest BCUT2D eigenvalue weighted by atomic mass is 16.6. The smallest absolute Gasteiger partial charge is 0.407 e. The van der Waals surface area contributed by atoms with Gasteiger partial charge in [-0.15, -0.1) is 0 Å². The number of rotatable bonds is 11. The van der Waals surface area contributed by atoms with E-state index in [4.69, 9.17) is 14.2 Å². The summed E-state index contributed by atoms with van der Waals surface area (Å²) in [7, 11) is 3.05. The second kappa shape index (κ2) is 17.3. The van der Waals surface area contributed by atoms with E-state index in [2.05, 4.69) is 16.0 Å². The van der Waals surface area contributed by atoms with Gasteiger partial charge in [-0.3, -0.25) is 14.5 Å². The van der Waals surface area contributed by atoms with Crippen molar-refractivity contribution in [2.45, 2.75) is 83.7 Å². The molecule has 1 heterocycles. The summed E-state index contributed by atoms with van der Waals surface area (Å²) < 4.78 is 15.4. The Morgan fingerprint density at radius 3 is 2.42 bits per heavy atom. The summed E-state index contributed by atoms with van der Waals surface area (Å²) in [5, 5.41) is 8.20. The molecular weight excluding hydrogens is 558 g/mol. The van der Waals surface area contributed by atoms with Crippen molar-refractivity contribution in [2.24, 2.45) is 0 Å². The van der Waals surface area contributed by atoms with E-state index in [1.165, 1.54) is 12.0 Å². The van der Waals surface area contributed by atoms with Crippen molar-refractivity contribution in [1.82, 2.24) is 25.8 Å². The number of carbonyl (C=O) groups is 5. The lowest BCUT2D eigenvalue weighted by Gasteiger charge is -2.38. The quantitative estimate of drug-likeness (QED) is 0.196. The highest BCUT2D eigenvalue weighted by molar-refractivity contribution is 5.90. The summed E-state index contributed by atoms with van der Waals surface area (Å²) >= 11 is 0. The molecule has 0 saturated carbocycles. The van der Waals surface area contributed by atoms with Crippen LogP contribution in [-0.2, 0) is 35.2 Å². The van der Waals surface area contributed by atoms with Crippen molar-refractivity contribution in [3.63, 3.8) is 0 Å². The fourth-order valence-electron chi connectivity index (χ4n) is 4.67. The molecule has 13 heteroatoms. The average Bonchev–Trinajstić information content (AvgIpc) is 2.96. The van der Waals surface area contributed by atoms with E-state index < -0.39 is 41.7 Å². The number of methoxy groups -OCH3 is 1. The Balaban J connectivity index is 2.03. The first-order chi connectivity index (χ1) is 20.3. The minimum absolute atomic E-state index is 0.151. The Hall–Kier alpha value is -3.87. The van der Waals surface area contributed by atoms with Gasteiger partial charge in [-0.05, 0) is 66.0 Å². The van der Waals surface area contributed by atoms with Crippen LogP contribution in [-0.4, -0.2) is 104 Å². The number of nitrogens with zero attached hydrogens (tertiary/aromatic N) is 2. The molecule has 1 unspecified atom stereocenters. The molecule has 13 nitrogen and oxygen atoms in total. The molecule has 0 bridgehead atoms. The van der Waals surface area contributed by atoms with Gasteiger partial charge in [0.25, 0.3) is 0 Å². The summed E-state index contributed by atoms with van der Waals surface area (Å²) in [6.45, 7) is 7.50. The molecule has 4 amide bonds. The van der Waals surface area contributed by atoms with Crippen molar-refractivity contribution in [1.29, 1.82) is 0 Å². The first-order valence-corrected chi connectivity index (χ1v) is 14.6. The van der Waals surface area contributed by atoms with Gasteiger partial charge in [0.1, 0.15) is 18.2 Å². The lowest BCUT2D eigenvalue weighted by Crippen LogP contribution is -2.57. The van der Waals surface area contributed by atoms with E-state index in [-0.39, 0.29) is 38.2 Å². The lowest BCUT2D eigenvalue weighted by atomic mass is 10.0. The third-order valence-corrected chi connectivity index (χ3v) is 7.08. The Morgan fingerprint density at radius 1 is 1.07 bits per heavy atom. The first-order valence-electron chi connectivity index (χ1n) is 14.6. The normalized spacial score (nSPS) is 19.1. The van der Waals surface area contributed by atoms with Crippen LogP contribution in [0.2, 0.25) is 0 Å². The van der Waals surface area contributed by atoms with Crippen LogP contribution in [0.1, 0.15) is 58.9 Å². The lowest BCUT2D eigenvalue weighted by molar-refractivity contribution is -0.152. The predicted molar refractivity (Wildman–Crippen MR) is 159 cm³/mol. The number of alkyl carbamates (subject to hydrolysis) is 2. The number of amides is 4. The predicted octanol–water partition coefficient (Wildman–Crippen LogP) is 2.19. The van der Waals surface area contributed by atoms with Crippen LogP contribution in [0.15, 0.2) is 30.3 Å². The number of hydrogen-bond donors (Lipinski definition) is 3. The maximum absolute atomic E-state index is 13.3. The van der Waals surface area contributed by atoms with E-state index in [1.807, 2.05) is 35.2 Å². The number of hydrogen-bond acceptors (Lipinski definition) is 9. The van der Waals surface area contributed by atoms with Gasteiger partial charge in [0.15, 0.2) is 0 Å². The standard InChI is InChI=1S/C30H47N5O8/c1-21(27(38)41-6)35-17-15-23(18-33-29(40)43-30(2,3)4)34(5)24(26(37)32-19-25(35)36)14-10-11-16-31-28(39)42-20-22-12-8-7-9-13-22/h7-9,12-13,21,23-24H,10-11,14-20H2,1-6H3,(H,31,39)(H,32,37)(H,33,40)/t21-,23?,24-/m0/s1. The molecule has 1 fully saturated rings. The molecule has 1 aliphatic rings. The number of esters is 1. The SMILES string of the molecule is COC(=O)[C@H](C)N1CCC(CNC(=O)OC(C)(C)C)N(C)[C@@H](CCCCNC(=O)OCc2ccccc2)C(=O)NCC1=O. The van der Waals surface area contributed by atoms with Crippen LogP contribution in [0.3, 0.4) is 0 Å². The van der Waals surface area contributed by atoms with E-state index >= 15 is 0 Å². The van der Waals surface area contributed by atoms with Gasteiger partial charge in [0, 0.05) is 25.7 Å². The molecule has 1 saturated heterocycles. The molecule has 3 N–H and O–H groups in total. The van der Waals surface area contributed by atoms with Gasteiger partial charge in [-0.1, -0.05) is 30.3 Å². The minimum atomic E-state index is -0.846. The minimum Gasteiger partial charge on any atom is -0.467 e. The Bertz CT molecular complexity index is 1080. The summed E-state index contributed by atoms with van der Waals surface area (Å²) in [5.74, 6) is -1.32.